The largest absolute Gasteiger partial charge is 0.383 e. The van der Waals surface area contributed by atoms with Gasteiger partial charge in [0.25, 0.3) is 0 Å². The number of aromatic nitrogens is 1. The summed E-state index contributed by atoms with van der Waals surface area (Å²) < 4.78 is 26.7. The fourth-order valence-corrected chi connectivity index (χ4v) is 4.03. The third kappa shape index (κ3) is 7.47. The van der Waals surface area contributed by atoms with Gasteiger partial charge in [-0.2, -0.15) is 0 Å². The molecule has 1 amide bonds. The normalized spacial score (nSPS) is 16.1. The zero-order valence-electron chi connectivity index (χ0n) is 20.7. The van der Waals surface area contributed by atoms with Gasteiger partial charge in [-0.05, 0) is 54.5 Å². The van der Waals surface area contributed by atoms with Gasteiger partial charge in [0.15, 0.2) is 11.6 Å². The van der Waals surface area contributed by atoms with E-state index in [-0.39, 0.29) is 11.5 Å². The summed E-state index contributed by atoms with van der Waals surface area (Å²) in [6.07, 6.45) is 8.53. The van der Waals surface area contributed by atoms with Crippen LogP contribution in [0.3, 0.4) is 0 Å². The Morgan fingerprint density at radius 2 is 1.92 bits per heavy atom. The fraction of sp³-hybridized carbons (Fsp3) is 0.296. The van der Waals surface area contributed by atoms with Crippen LogP contribution >= 0.6 is 11.6 Å². The van der Waals surface area contributed by atoms with Gasteiger partial charge >= 0.3 is 0 Å². The van der Waals surface area contributed by atoms with Crippen molar-refractivity contribution in [2.45, 2.75) is 25.8 Å². The Hall–Kier alpha value is -3.56. The summed E-state index contributed by atoms with van der Waals surface area (Å²) in [5.41, 5.74) is 13.7. The number of amides is 1. The van der Waals surface area contributed by atoms with E-state index in [1.54, 1.807) is 29.3 Å². The minimum Gasteiger partial charge on any atom is -0.383 e. The number of amidine groups is 1. The number of benzene rings is 1. The van der Waals surface area contributed by atoms with Crippen molar-refractivity contribution in [1.82, 2.24) is 9.88 Å². The van der Waals surface area contributed by atoms with Crippen LogP contribution in [0.15, 0.2) is 77.1 Å². The van der Waals surface area contributed by atoms with Gasteiger partial charge in [-0.15, -0.1) is 0 Å². The molecule has 37 heavy (non-hydrogen) atoms. The van der Waals surface area contributed by atoms with Crippen molar-refractivity contribution in [2.75, 3.05) is 31.1 Å². The minimum atomic E-state index is -1.06. The molecule has 1 aliphatic heterocycles. The first-order valence-electron chi connectivity index (χ1n) is 12.0. The Kier molecular flexibility index (Phi) is 9.93. The lowest BCUT2D eigenvalue weighted by Crippen LogP contribution is -2.51. The number of pyridine rings is 1. The molecule has 0 radical (unpaired) electrons. The highest BCUT2D eigenvalue weighted by Gasteiger charge is 2.27. The first-order valence-corrected chi connectivity index (χ1v) is 12.3. The molecule has 10 heteroatoms. The second kappa shape index (κ2) is 13.1. The molecule has 1 atom stereocenters. The molecule has 2 aromatic rings. The highest BCUT2D eigenvalue weighted by atomic mass is 35.5. The van der Waals surface area contributed by atoms with Crippen LogP contribution in [0.25, 0.3) is 0 Å². The van der Waals surface area contributed by atoms with E-state index in [0.717, 1.165) is 35.8 Å². The number of piperazine rings is 1. The van der Waals surface area contributed by atoms with Crippen molar-refractivity contribution in [2.24, 2.45) is 16.5 Å². The van der Waals surface area contributed by atoms with Crippen molar-refractivity contribution in [3.8, 4) is 0 Å². The van der Waals surface area contributed by atoms with Crippen LogP contribution < -0.4 is 16.4 Å². The molecule has 0 aliphatic carbocycles. The monoisotopic (exact) mass is 528 g/mol. The maximum atomic E-state index is 13.5. The van der Waals surface area contributed by atoms with Crippen molar-refractivity contribution in [3.05, 3.63) is 94.8 Å². The van der Waals surface area contributed by atoms with Crippen LogP contribution in [0, 0.1) is 11.6 Å². The number of carbonyl (C=O) groups is 1. The predicted molar refractivity (Wildman–Crippen MR) is 144 cm³/mol. The number of carbonyl (C=O) groups excluding carboxylic acids is 1. The maximum Gasteiger partial charge on any atom is 0.244 e. The average molecular weight is 529 g/mol. The highest BCUT2D eigenvalue weighted by molar-refractivity contribution is 6.29. The molecule has 1 aliphatic rings. The second-order valence-corrected chi connectivity index (χ2v) is 9.01. The molecule has 2 heterocycles. The van der Waals surface area contributed by atoms with Gasteiger partial charge in [0.1, 0.15) is 17.7 Å². The van der Waals surface area contributed by atoms with Crippen LogP contribution in [0.4, 0.5) is 14.6 Å². The maximum absolute atomic E-state index is 13.5. The van der Waals surface area contributed by atoms with Gasteiger partial charge in [-0.25, -0.2) is 18.8 Å². The molecule has 0 spiro atoms. The Balaban J connectivity index is 1.60. The SMILES string of the molecule is C=C/C(=C\C=C(\Cl)CCC)N=C(N)c1ccc(N2CCN(C(=O)C(N)c3ccc(F)c(F)c3)CC2)nc1. The van der Waals surface area contributed by atoms with E-state index in [0.29, 0.717) is 43.3 Å². The summed E-state index contributed by atoms with van der Waals surface area (Å²) >= 11 is 6.14. The predicted octanol–water partition coefficient (Wildman–Crippen LogP) is 4.41. The zero-order chi connectivity index (χ0) is 26.9. The zero-order valence-corrected chi connectivity index (χ0v) is 21.5. The van der Waals surface area contributed by atoms with Crippen LogP contribution in [0.1, 0.15) is 36.9 Å². The first-order chi connectivity index (χ1) is 17.7. The van der Waals surface area contributed by atoms with E-state index >= 15 is 0 Å². The highest BCUT2D eigenvalue weighted by Crippen LogP contribution is 2.20. The Bertz CT molecular complexity index is 1200. The quantitative estimate of drug-likeness (QED) is 0.285. The molecular formula is C27H31ClF2N6O. The van der Waals surface area contributed by atoms with Gasteiger partial charge in [0.05, 0.1) is 5.70 Å². The average Bonchev–Trinajstić information content (AvgIpc) is 2.92. The van der Waals surface area contributed by atoms with Gasteiger partial charge in [0, 0.05) is 43.0 Å². The number of nitrogens with zero attached hydrogens (tertiary/aromatic N) is 4. The molecule has 7 nitrogen and oxygen atoms in total. The number of halogens is 3. The number of hydrogen-bond donors (Lipinski definition) is 2. The summed E-state index contributed by atoms with van der Waals surface area (Å²) in [6.45, 7) is 7.75. The first kappa shape index (κ1) is 28.0. The van der Waals surface area contributed by atoms with Crippen molar-refractivity contribution < 1.29 is 13.6 Å². The molecule has 0 bridgehead atoms. The summed E-state index contributed by atoms with van der Waals surface area (Å²) in [4.78, 5) is 25.4. The third-order valence-electron chi connectivity index (χ3n) is 5.91. The number of allylic oxidation sites excluding steroid dienone is 4. The Labute approximate surface area is 220 Å². The van der Waals surface area contributed by atoms with Crippen LogP contribution in [-0.4, -0.2) is 47.8 Å². The number of hydrogen-bond acceptors (Lipinski definition) is 5. The Morgan fingerprint density at radius 1 is 1.19 bits per heavy atom. The van der Waals surface area contributed by atoms with E-state index in [1.165, 1.54) is 6.07 Å². The molecular weight excluding hydrogens is 498 g/mol. The van der Waals surface area contributed by atoms with Gasteiger partial charge in [-0.1, -0.05) is 37.6 Å². The fourth-order valence-electron chi connectivity index (χ4n) is 3.78. The van der Waals surface area contributed by atoms with E-state index < -0.39 is 17.7 Å². The van der Waals surface area contributed by atoms with Crippen molar-refractivity contribution in [1.29, 1.82) is 0 Å². The lowest BCUT2D eigenvalue weighted by atomic mass is 10.1. The third-order valence-corrected chi connectivity index (χ3v) is 6.23. The van der Waals surface area contributed by atoms with Crippen molar-refractivity contribution >= 4 is 29.2 Å². The molecule has 4 N–H and O–H groups in total. The van der Waals surface area contributed by atoms with Gasteiger partial charge in [0.2, 0.25) is 5.91 Å². The summed E-state index contributed by atoms with van der Waals surface area (Å²) in [7, 11) is 0. The number of rotatable bonds is 9. The minimum absolute atomic E-state index is 0.234. The molecule has 1 aromatic carbocycles. The van der Waals surface area contributed by atoms with E-state index in [1.807, 2.05) is 17.0 Å². The topological polar surface area (TPSA) is 101 Å². The molecule has 0 saturated carbocycles. The smallest absolute Gasteiger partial charge is 0.244 e. The molecule has 1 fully saturated rings. The van der Waals surface area contributed by atoms with Gasteiger partial charge < -0.3 is 21.3 Å². The molecule has 3 rings (SSSR count). The van der Waals surface area contributed by atoms with E-state index in [2.05, 4.69) is 23.5 Å². The van der Waals surface area contributed by atoms with E-state index in [9.17, 15) is 13.6 Å². The Morgan fingerprint density at radius 3 is 2.51 bits per heavy atom. The lowest BCUT2D eigenvalue weighted by molar-refractivity contribution is -0.133. The van der Waals surface area contributed by atoms with Crippen LogP contribution in [0.2, 0.25) is 0 Å². The number of aliphatic imine (C=N–C) groups is 1. The second-order valence-electron chi connectivity index (χ2n) is 8.52. The molecule has 1 saturated heterocycles. The molecule has 1 aromatic heterocycles. The van der Waals surface area contributed by atoms with Crippen molar-refractivity contribution in [3.63, 3.8) is 0 Å². The lowest BCUT2D eigenvalue weighted by Gasteiger charge is -2.36. The van der Waals surface area contributed by atoms with E-state index in [4.69, 9.17) is 23.1 Å². The summed E-state index contributed by atoms with van der Waals surface area (Å²) in [5, 5.41) is 0.731. The molecule has 1 unspecified atom stereocenters. The standard InChI is InChI=1S/C27H31ClF2N6O/c1-3-5-20(28)8-9-21(4-2)34-26(32)19-7-11-24(33-17-19)35-12-14-36(15-13-35)27(37)25(31)18-6-10-22(29)23(30)16-18/h4,6-11,16-17,25H,2-3,5,12-15,31H2,1H3,(H2,32,34)/b20-8+,21-9+. The number of nitrogens with two attached hydrogens (primary N) is 2. The summed E-state index contributed by atoms with van der Waals surface area (Å²) in [5.74, 6) is -1.31. The summed E-state index contributed by atoms with van der Waals surface area (Å²) in [6, 6.07) is 5.87. The van der Waals surface area contributed by atoms with Crippen LogP contribution in [-0.2, 0) is 4.79 Å². The number of anilines is 1. The molecule has 196 valence electrons. The van der Waals surface area contributed by atoms with Crippen LogP contribution in [0.5, 0.6) is 0 Å². The van der Waals surface area contributed by atoms with Gasteiger partial charge in [-0.3, -0.25) is 4.79 Å².